The first-order chi connectivity index (χ1) is 19.2. The lowest BCUT2D eigenvalue weighted by molar-refractivity contribution is 0.0419. The van der Waals surface area contributed by atoms with Crippen molar-refractivity contribution in [1.82, 2.24) is 29.2 Å². The topological polar surface area (TPSA) is 104 Å². The minimum atomic E-state index is -1.51. The zero-order valence-corrected chi connectivity index (χ0v) is 22.3. The van der Waals surface area contributed by atoms with Gasteiger partial charge in [0.05, 0.1) is 12.2 Å². The second-order valence-corrected chi connectivity index (χ2v) is 10.5. The van der Waals surface area contributed by atoms with Gasteiger partial charge in [0.15, 0.2) is 17.3 Å². The third-order valence-corrected chi connectivity index (χ3v) is 7.58. The third-order valence-electron chi connectivity index (χ3n) is 7.58. The van der Waals surface area contributed by atoms with Crippen LogP contribution in [0.1, 0.15) is 25.5 Å². The summed E-state index contributed by atoms with van der Waals surface area (Å²) in [5, 5.41) is 14.2. The first-order valence-electron chi connectivity index (χ1n) is 13.2. The number of aromatic nitrogens is 5. The third kappa shape index (κ3) is 4.84. The number of nitrogens with zero attached hydrogens (tertiary/aromatic N) is 7. The van der Waals surface area contributed by atoms with Crippen molar-refractivity contribution in [2.24, 2.45) is 0 Å². The van der Waals surface area contributed by atoms with Gasteiger partial charge in [-0.1, -0.05) is 6.07 Å². The molecule has 5 heterocycles. The summed E-state index contributed by atoms with van der Waals surface area (Å²) in [6.45, 7) is 4.80. The number of pyridine rings is 1. The van der Waals surface area contributed by atoms with Gasteiger partial charge in [-0.15, -0.1) is 0 Å². The highest BCUT2D eigenvalue weighted by molar-refractivity contribution is 5.77. The molecule has 2 aliphatic rings. The minimum absolute atomic E-state index is 0.0723. The van der Waals surface area contributed by atoms with Crippen molar-refractivity contribution < 1.29 is 13.9 Å². The largest absolute Gasteiger partial charge is 0.384 e. The first kappa shape index (κ1) is 26.1. The Labute approximate surface area is 229 Å². The van der Waals surface area contributed by atoms with Gasteiger partial charge in [-0.2, -0.15) is 4.98 Å². The molecule has 3 aromatic heterocycles. The van der Waals surface area contributed by atoms with Crippen LogP contribution in [0.4, 0.5) is 26.1 Å². The van der Waals surface area contributed by atoms with Crippen LogP contribution >= 0.6 is 0 Å². The van der Waals surface area contributed by atoms with Gasteiger partial charge in [-0.3, -0.25) is 4.79 Å². The van der Waals surface area contributed by atoms with Gasteiger partial charge >= 0.3 is 0 Å². The van der Waals surface area contributed by atoms with E-state index in [0.717, 1.165) is 42.2 Å². The van der Waals surface area contributed by atoms with E-state index in [1.807, 2.05) is 24.3 Å². The van der Waals surface area contributed by atoms with Crippen molar-refractivity contribution in [1.29, 1.82) is 0 Å². The number of benzene rings is 1. The van der Waals surface area contributed by atoms with Crippen molar-refractivity contribution >= 4 is 28.4 Å². The summed E-state index contributed by atoms with van der Waals surface area (Å²) in [6, 6.07) is 12.8. The predicted octanol–water partition coefficient (Wildman–Crippen LogP) is 3.62. The van der Waals surface area contributed by atoms with Gasteiger partial charge in [0.2, 0.25) is 5.95 Å². The Balaban J connectivity index is 1.40. The molecule has 10 nitrogen and oxygen atoms in total. The Morgan fingerprint density at radius 3 is 2.50 bits per heavy atom. The highest BCUT2D eigenvalue weighted by Gasteiger charge is 2.29. The normalized spacial score (nSPS) is 20.4. The number of piperazine rings is 1. The maximum absolute atomic E-state index is 14.9. The Morgan fingerprint density at radius 1 is 1.00 bits per heavy atom. The minimum Gasteiger partial charge on any atom is -0.384 e. The lowest BCUT2D eigenvalue weighted by Crippen LogP contribution is -2.44. The van der Waals surface area contributed by atoms with Crippen LogP contribution in [0.15, 0.2) is 65.1 Å². The molecule has 1 aromatic carbocycles. The zero-order valence-electron chi connectivity index (χ0n) is 22.3. The molecule has 0 spiro atoms. The number of nitrogens with one attached hydrogen (secondary N) is 1. The molecule has 1 atom stereocenters. The van der Waals surface area contributed by atoms with Crippen molar-refractivity contribution in [2.45, 2.75) is 31.9 Å². The predicted molar refractivity (Wildman–Crippen MR) is 148 cm³/mol. The summed E-state index contributed by atoms with van der Waals surface area (Å²) in [7, 11) is 2.12. The van der Waals surface area contributed by atoms with E-state index in [1.165, 1.54) is 17.8 Å². The molecule has 2 N–H and O–H groups in total. The molecule has 0 saturated carbocycles. The Morgan fingerprint density at radius 2 is 1.75 bits per heavy atom. The highest BCUT2D eigenvalue weighted by atomic mass is 19.2. The van der Waals surface area contributed by atoms with Crippen LogP contribution in [-0.4, -0.2) is 67.5 Å². The molecule has 0 amide bonds. The number of halogens is 2. The molecule has 0 aliphatic carbocycles. The molecule has 2 bridgehead atoms. The molecule has 208 valence electrons. The fraction of sp³-hybridized carbons (Fsp3) is 0.357. The van der Waals surface area contributed by atoms with Crippen LogP contribution in [0, 0.1) is 0 Å². The molecular formula is C28H30F2N8O2. The lowest BCUT2D eigenvalue weighted by atomic mass is 9.95. The van der Waals surface area contributed by atoms with E-state index in [9.17, 15) is 18.7 Å². The maximum atomic E-state index is 14.9. The second-order valence-electron chi connectivity index (χ2n) is 10.5. The highest BCUT2D eigenvalue weighted by Crippen LogP contribution is 2.30. The van der Waals surface area contributed by atoms with E-state index in [1.54, 1.807) is 18.2 Å². The van der Waals surface area contributed by atoms with Crippen LogP contribution in [0.2, 0.25) is 0 Å². The number of hydrogen-bond acceptors (Lipinski definition) is 8. The standard InChI is InChI=1S/C28H30F2N8O2/c1-28(40)11-10-21(29)22(30)17-37-26(39)20-16-31-27(34-25(20)38(37)24-5-3-4-23(28)33-24)32-18-6-8-19(9-7-18)36-14-12-35(2)13-15-36/h3-9,16,40H,10-15,17H2,1-2H3,(H,31,32,34). The van der Waals surface area contributed by atoms with E-state index >= 15 is 0 Å². The fourth-order valence-electron chi connectivity index (χ4n) is 5.09. The number of likely N-dealkylation sites (N-methyl/N-ethyl adjacent to an activating group) is 1. The quantitative estimate of drug-likeness (QED) is 0.400. The molecule has 1 saturated heterocycles. The fourth-order valence-corrected chi connectivity index (χ4v) is 5.09. The zero-order chi connectivity index (χ0) is 28.0. The van der Waals surface area contributed by atoms with Crippen LogP contribution < -0.4 is 15.8 Å². The summed E-state index contributed by atoms with van der Waals surface area (Å²) < 4.78 is 32.0. The molecule has 4 aromatic rings. The average Bonchev–Trinajstić information content (AvgIpc) is 3.22. The number of anilines is 3. The average molecular weight is 549 g/mol. The van der Waals surface area contributed by atoms with Gasteiger partial charge in [0, 0.05) is 50.2 Å². The molecule has 0 radical (unpaired) electrons. The monoisotopic (exact) mass is 548 g/mol. The molecule has 6 rings (SSSR count). The van der Waals surface area contributed by atoms with Crippen LogP contribution in [0.25, 0.3) is 16.9 Å². The molecular weight excluding hydrogens is 518 g/mol. The van der Waals surface area contributed by atoms with Crippen LogP contribution in [0.5, 0.6) is 0 Å². The van der Waals surface area contributed by atoms with Crippen molar-refractivity contribution in [2.75, 3.05) is 43.4 Å². The van der Waals surface area contributed by atoms with Crippen LogP contribution in [0.3, 0.4) is 0 Å². The Hall–Kier alpha value is -4.16. The number of fused-ring (bicyclic) bond motifs is 6. The van der Waals surface area contributed by atoms with E-state index in [4.69, 9.17) is 0 Å². The van der Waals surface area contributed by atoms with Crippen molar-refractivity contribution in [3.8, 4) is 5.82 Å². The lowest BCUT2D eigenvalue weighted by Gasteiger charge is -2.34. The van der Waals surface area contributed by atoms with Gasteiger partial charge in [-0.05, 0) is 56.8 Å². The summed E-state index contributed by atoms with van der Waals surface area (Å²) in [4.78, 5) is 31.4. The summed E-state index contributed by atoms with van der Waals surface area (Å²) in [5.74, 6) is -1.65. The van der Waals surface area contributed by atoms with E-state index in [2.05, 4.69) is 37.1 Å². The van der Waals surface area contributed by atoms with Crippen molar-refractivity contribution in [3.05, 3.63) is 76.4 Å². The maximum Gasteiger partial charge on any atom is 0.278 e. The van der Waals surface area contributed by atoms with E-state index in [0.29, 0.717) is 0 Å². The number of allylic oxidation sites excluding steroid dienone is 2. The van der Waals surface area contributed by atoms with Gasteiger partial charge in [0.25, 0.3) is 5.56 Å². The molecule has 2 aliphatic heterocycles. The molecule has 1 fully saturated rings. The van der Waals surface area contributed by atoms with Crippen LogP contribution in [-0.2, 0) is 12.1 Å². The van der Waals surface area contributed by atoms with Gasteiger partial charge in [0.1, 0.15) is 16.8 Å². The smallest absolute Gasteiger partial charge is 0.278 e. The van der Waals surface area contributed by atoms with E-state index in [-0.39, 0.29) is 41.3 Å². The summed E-state index contributed by atoms with van der Waals surface area (Å²) >= 11 is 0. The van der Waals surface area contributed by atoms with Gasteiger partial charge < -0.3 is 20.2 Å². The van der Waals surface area contributed by atoms with Crippen molar-refractivity contribution in [3.63, 3.8) is 0 Å². The summed E-state index contributed by atoms with van der Waals surface area (Å²) in [5.41, 5.74) is 0.233. The number of hydrogen-bond donors (Lipinski definition) is 2. The molecule has 12 heteroatoms. The van der Waals surface area contributed by atoms with E-state index < -0.39 is 29.4 Å². The Bertz CT molecular complexity index is 1650. The SMILES string of the molecule is CN1CCN(c2ccc(Nc3ncc4c(=O)n5n(c4n3)-c3cccc(n3)C(C)(O)CCC(F)=C(F)C5)cc2)CC1. The molecule has 1 unspecified atom stereocenters. The molecule has 40 heavy (non-hydrogen) atoms. The van der Waals surface area contributed by atoms with Gasteiger partial charge in [-0.25, -0.2) is 28.1 Å². The second kappa shape index (κ2) is 10.1. The Kier molecular flexibility index (Phi) is 6.59. The first-order valence-corrected chi connectivity index (χ1v) is 13.2. The summed E-state index contributed by atoms with van der Waals surface area (Å²) in [6.07, 6.45) is 0.959. The number of aliphatic hydroxyl groups is 1. The number of rotatable bonds is 3.